The molecule has 0 aromatic rings. The highest BCUT2D eigenvalue weighted by Crippen LogP contribution is 2.47. The summed E-state index contributed by atoms with van der Waals surface area (Å²) in [6.07, 6.45) is 3.64. The molecule has 2 fully saturated rings. The summed E-state index contributed by atoms with van der Waals surface area (Å²) in [7, 11) is 0. The molecule has 2 aliphatic rings. The molecule has 1 saturated carbocycles. The molecule has 0 radical (unpaired) electrons. The van der Waals surface area contributed by atoms with Crippen molar-refractivity contribution < 1.29 is 14.6 Å². The minimum absolute atomic E-state index is 0.271. The average molecular weight is 212 g/mol. The Morgan fingerprint density at radius 1 is 1.33 bits per heavy atom. The van der Waals surface area contributed by atoms with Gasteiger partial charge in [-0.2, -0.15) is 0 Å². The fourth-order valence-electron chi connectivity index (χ4n) is 3.14. The van der Waals surface area contributed by atoms with E-state index in [9.17, 15) is 9.90 Å². The van der Waals surface area contributed by atoms with Crippen molar-refractivity contribution in [1.82, 2.24) is 0 Å². The number of rotatable bonds is 1. The highest BCUT2D eigenvalue weighted by Gasteiger charge is 2.51. The van der Waals surface area contributed by atoms with E-state index in [0.717, 1.165) is 19.3 Å². The summed E-state index contributed by atoms with van der Waals surface area (Å²) in [5, 5.41) is 9.20. The molecule has 4 atom stereocenters. The van der Waals surface area contributed by atoms with Crippen LogP contribution < -0.4 is 0 Å². The summed E-state index contributed by atoms with van der Waals surface area (Å²) >= 11 is 0. The van der Waals surface area contributed by atoms with Crippen LogP contribution in [0, 0.1) is 17.8 Å². The molecular formula is C12H20O3. The number of aliphatic carboxylic acids is 1. The summed E-state index contributed by atoms with van der Waals surface area (Å²) in [5.74, 6) is 0.342. The molecule has 0 bridgehead atoms. The first-order valence-electron chi connectivity index (χ1n) is 5.92. The monoisotopic (exact) mass is 212 g/mol. The molecule has 1 heterocycles. The molecule has 1 aliphatic heterocycles. The maximum Gasteiger partial charge on any atom is 0.309 e. The van der Waals surface area contributed by atoms with Gasteiger partial charge in [-0.05, 0) is 37.5 Å². The van der Waals surface area contributed by atoms with Crippen LogP contribution >= 0.6 is 0 Å². The van der Waals surface area contributed by atoms with Gasteiger partial charge in [-0.15, -0.1) is 0 Å². The third-order valence-corrected chi connectivity index (χ3v) is 4.39. The molecule has 0 aromatic heterocycles. The number of carboxylic acids is 1. The Bertz CT molecular complexity index is 264. The van der Waals surface area contributed by atoms with Crippen molar-refractivity contribution in [3.05, 3.63) is 0 Å². The van der Waals surface area contributed by atoms with E-state index in [-0.39, 0.29) is 11.5 Å². The van der Waals surface area contributed by atoms with Gasteiger partial charge in [0.1, 0.15) is 0 Å². The molecule has 86 valence electrons. The Labute approximate surface area is 90.8 Å². The quantitative estimate of drug-likeness (QED) is 0.725. The minimum atomic E-state index is -0.672. The topological polar surface area (TPSA) is 46.5 Å². The zero-order valence-electron chi connectivity index (χ0n) is 9.53. The molecule has 3 heteroatoms. The first-order chi connectivity index (χ1) is 7.05. The molecule has 2 rings (SSSR count). The zero-order chi connectivity index (χ0) is 11.1. The minimum Gasteiger partial charge on any atom is -0.481 e. The second-order valence-electron chi connectivity index (χ2n) is 5.29. The maximum absolute atomic E-state index is 11.2. The van der Waals surface area contributed by atoms with Crippen LogP contribution in [0.3, 0.4) is 0 Å². The summed E-state index contributed by atoms with van der Waals surface area (Å²) in [6, 6.07) is 0. The Hall–Kier alpha value is -0.570. The van der Waals surface area contributed by atoms with E-state index in [0.29, 0.717) is 24.9 Å². The predicted molar refractivity (Wildman–Crippen MR) is 56.6 cm³/mol. The summed E-state index contributed by atoms with van der Waals surface area (Å²) in [6.45, 7) is 5.09. The standard InChI is InChI=1S/C12H20O3/c1-8-3-5-12(7-9(8)2)10(11(13)14)4-6-15-12/h8-10H,3-7H2,1-2H3,(H,13,14). The Morgan fingerprint density at radius 3 is 2.67 bits per heavy atom. The fourth-order valence-corrected chi connectivity index (χ4v) is 3.14. The Morgan fingerprint density at radius 2 is 2.07 bits per heavy atom. The third kappa shape index (κ3) is 1.78. The average Bonchev–Trinajstić information content (AvgIpc) is 2.56. The van der Waals surface area contributed by atoms with Crippen LogP contribution in [0.4, 0.5) is 0 Å². The lowest BCUT2D eigenvalue weighted by atomic mass is 9.68. The molecule has 1 N–H and O–H groups in total. The third-order valence-electron chi connectivity index (χ3n) is 4.39. The summed E-state index contributed by atoms with van der Waals surface area (Å²) < 4.78 is 5.79. The highest BCUT2D eigenvalue weighted by atomic mass is 16.5. The fraction of sp³-hybridized carbons (Fsp3) is 0.917. The molecule has 1 spiro atoms. The summed E-state index contributed by atoms with van der Waals surface area (Å²) in [5.41, 5.74) is -0.336. The van der Waals surface area contributed by atoms with E-state index in [1.165, 1.54) is 0 Å². The van der Waals surface area contributed by atoms with Crippen molar-refractivity contribution >= 4 is 5.97 Å². The van der Waals surface area contributed by atoms with E-state index in [4.69, 9.17) is 4.74 Å². The van der Waals surface area contributed by atoms with Gasteiger partial charge in [-0.1, -0.05) is 13.8 Å². The highest BCUT2D eigenvalue weighted by molar-refractivity contribution is 5.72. The largest absolute Gasteiger partial charge is 0.481 e. The van der Waals surface area contributed by atoms with Gasteiger partial charge in [0.15, 0.2) is 0 Å². The number of carboxylic acid groups (broad SMARTS) is 1. The van der Waals surface area contributed by atoms with Gasteiger partial charge in [0.2, 0.25) is 0 Å². The van der Waals surface area contributed by atoms with Crippen LogP contribution in [-0.2, 0) is 9.53 Å². The SMILES string of the molecule is CC1CCC2(CC1C)OCCC2C(=O)O. The van der Waals surface area contributed by atoms with Crippen molar-refractivity contribution in [2.75, 3.05) is 6.61 Å². The Kier molecular flexibility index (Phi) is 2.75. The maximum atomic E-state index is 11.2. The van der Waals surface area contributed by atoms with Gasteiger partial charge in [-0.3, -0.25) is 4.79 Å². The Balaban J connectivity index is 2.15. The predicted octanol–water partition coefficient (Wildman–Crippen LogP) is 2.30. The first kappa shape index (κ1) is 10.9. The first-order valence-corrected chi connectivity index (χ1v) is 5.92. The molecular weight excluding hydrogens is 192 g/mol. The van der Waals surface area contributed by atoms with Gasteiger partial charge >= 0.3 is 5.97 Å². The van der Waals surface area contributed by atoms with Gasteiger partial charge in [0.25, 0.3) is 0 Å². The smallest absolute Gasteiger partial charge is 0.309 e. The molecule has 0 aromatic carbocycles. The van der Waals surface area contributed by atoms with Crippen molar-refractivity contribution in [3.63, 3.8) is 0 Å². The van der Waals surface area contributed by atoms with Crippen LogP contribution in [0.5, 0.6) is 0 Å². The van der Waals surface area contributed by atoms with Crippen molar-refractivity contribution in [2.24, 2.45) is 17.8 Å². The lowest BCUT2D eigenvalue weighted by Crippen LogP contribution is -2.45. The van der Waals surface area contributed by atoms with Gasteiger partial charge in [0.05, 0.1) is 11.5 Å². The van der Waals surface area contributed by atoms with Gasteiger partial charge in [0, 0.05) is 6.61 Å². The van der Waals surface area contributed by atoms with E-state index in [1.807, 2.05) is 0 Å². The van der Waals surface area contributed by atoms with Crippen LogP contribution in [-0.4, -0.2) is 23.3 Å². The molecule has 4 unspecified atom stereocenters. The van der Waals surface area contributed by atoms with E-state index < -0.39 is 5.97 Å². The zero-order valence-corrected chi connectivity index (χ0v) is 9.53. The van der Waals surface area contributed by atoms with Crippen LogP contribution in [0.2, 0.25) is 0 Å². The van der Waals surface area contributed by atoms with Gasteiger partial charge < -0.3 is 9.84 Å². The van der Waals surface area contributed by atoms with Gasteiger partial charge in [-0.25, -0.2) is 0 Å². The number of hydrogen-bond donors (Lipinski definition) is 1. The van der Waals surface area contributed by atoms with E-state index in [1.54, 1.807) is 0 Å². The number of ether oxygens (including phenoxy) is 1. The lowest BCUT2D eigenvalue weighted by Gasteiger charge is -2.41. The number of carbonyl (C=O) groups is 1. The van der Waals surface area contributed by atoms with Crippen molar-refractivity contribution in [2.45, 2.75) is 45.1 Å². The number of hydrogen-bond acceptors (Lipinski definition) is 2. The van der Waals surface area contributed by atoms with Crippen molar-refractivity contribution in [1.29, 1.82) is 0 Å². The second kappa shape index (κ2) is 3.78. The molecule has 0 amide bonds. The lowest BCUT2D eigenvalue weighted by molar-refractivity contribution is -0.152. The van der Waals surface area contributed by atoms with E-state index >= 15 is 0 Å². The van der Waals surface area contributed by atoms with Crippen LogP contribution in [0.15, 0.2) is 0 Å². The molecule has 15 heavy (non-hydrogen) atoms. The van der Waals surface area contributed by atoms with Crippen LogP contribution in [0.25, 0.3) is 0 Å². The normalized spacial score (nSPS) is 45.9. The van der Waals surface area contributed by atoms with Crippen molar-refractivity contribution in [3.8, 4) is 0 Å². The van der Waals surface area contributed by atoms with E-state index in [2.05, 4.69) is 13.8 Å². The van der Waals surface area contributed by atoms with Crippen LogP contribution in [0.1, 0.15) is 39.5 Å². The second-order valence-corrected chi connectivity index (χ2v) is 5.29. The molecule has 1 saturated heterocycles. The summed E-state index contributed by atoms with van der Waals surface area (Å²) in [4.78, 5) is 11.2. The molecule has 1 aliphatic carbocycles. The molecule has 3 nitrogen and oxygen atoms in total.